The highest BCUT2D eigenvalue weighted by Crippen LogP contribution is 2.25. The number of thiophene rings is 1. The topological polar surface area (TPSA) is 37.6 Å². The van der Waals surface area contributed by atoms with Crippen molar-refractivity contribution in [2.75, 3.05) is 7.05 Å². The van der Waals surface area contributed by atoms with Crippen molar-refractivity contribution in [2.24, 2.45) is 0 Å². The van der Waals surface area contributed by atoms with E-state index in [1.54, 1.807) is 27.6 Å². The lowest BCUT2D eigenvalue weighted by molar-refractivity contribution is -0.131. The molecule has 0 saturated heterocycles. The van der Waals surface area contributed by atoms with Gasteiger partial charge in [0.25, 0.3) is 0 Å². The third-order valence-corrected chi connectivity index (χ3v) is 5.80. The van der Waals surface area contributed by atoms with Gasteiger partial charge < -0.3 is 4.90 Å². The molecule has 0 N–H and O–H groups in total. The average molecular weight is 333 g/mol. The van der Waals surface area contributed by atoms with E-state index in [2.05, 4.69) is 22.5 Å². The van der Waals surface area contributed by atoms with Crippen molar-refractivity contribution in [3.05, 3.63) is 44.9 Å². The van der Waals surface area contributed by atoms with Crippen molar-refractivity contribution in [3.63, 3.8) is 0 Å². The van der Waals surface area contributed by atoms with E-state index >= 15 is 0 Å². The van der Waals surface area contributed by atoms with Crippen molar-refractivity contribution in [2.45, 2.75) is 33.2 Å². The molecule has 3 rings (SSSR count). The van der Waals surface area contributed by atoms with E-state index in [1.807, 2.05) is 38.4 Å². The van der Waals surface area contributed by atoms with E-state index in [9.17, 15) is 4.79 Å². The Morgan fingerprint density at radius 1 is 1.45 bits per heavy atom. The van der Waals surface area contributed by atoms with Crippen LogP contribution in [-0.4, -0.2) is 27.2 Å². The largest absolute Gasteiger partial charge is 0.339 e. The minimum atomic E-state index is -0.0991. The Hall–Kier alpha value is -1.66. The first-order chi connectivity index (χ1) is 10.5. The summed E-state index contributed by atoms with van der Waals surface area (Å²) in [6.07, 6.45) is 2.09. The summed E-state index contributed by atoms with van der Waals surface area (Å²) in [5.74, 6) is 0.0432. The number of aromatic nitrogens is 2. The number of nitrogens with zero attached hydrogens (tertiary/aromatic N) is 3. The van der Waals surface area contributed by atoms with Gasteiger partial charge in [-0.05, 0) is 32.2 Å². The van der Waals surface area contributed by atoms with Gasteiger partial charge in [-0.25, -0.2) is 4.98 Å². The van der Waals surface area contributed by atoms with Gasteiger partial charge in [0.2, 0.25) is 5.91 Å². The predicted octanol–water partition coefficient (Wildman–Crippen LogP) is 3.84. The predicted molar refractivity (Wildman–Crippen MR) is 91.8 cm³/mol. The number of hydrogen-bond donors (Lipinski definition) is 0. The molecule has 4 nitrogen and oxygen atoms in total. The summed E-state index contributed by atoms with van der Waals surface area (Å²) in [6.45, 7) is 6.63. The Labute approximate surface area is 138 Å². The van der Waals surface area contributed by atoms with E-state index in [-0.39, 0.29) is 11.8 Å². The number of imidazole rings is 1. The molecule has 3 aromatic heterocycles. The van der Waals surface area contributed by atoms with Crippen LogP contribution in [0.4, 0.5) is 0 Å². The first kappa shape index (κ1) is 15.2. The lowest BCUT2D eigenvalue weighted by atomic mass is 10.1. The average Bonchev–Trinajstić information content (AvgIpc) is 3.17. The zero-order valence-corrected chi connectivity index (χ0v) is 14.8. The van der Waals surface area contributed by atoms with Crippen LogP contribution < -0.4 is 0 Å². The van der Waals surface area contributed by atoms with Gasteiger partial charge in [0.05, 0.1) is 23.9 Å². The summed E-state index contributed by atoms with van der Waals surface area (Å²) >= 11 is 3.31. The van der Waals surface area contributed by atoms with Crippen molar-refractivity contribution in [1.82, 2.24) is 14.3 Å². The van der Waals surface area contributed by atoms with Crippen LogP contribution in [0.1, 0.15) is 34.0 Å². The molecule has 0 spiro atoms. The van der Waals surface area contributed by atoms with Gasteiger partial charge in [-0.3, -0.25) is 9.20 Å². The Morgan fingerprint density at radius 2 is 2.23 bits per heavy atom. The second kappa shape index (κ2) is 5.85. The van der Waals surface area contributed by atoms with Crippen LogP contribution >= 0.6 is 22.7 Å². The molecule has 3 aromatic rings. The maximum atomic E-state index is 12.6. The number of carbonyl (C=O) groups is 1. The van der Waals surface area contributed by atoms with Gasteiger partial charge in [-0.2, -0.15) is 0 Å². The summed E-state index contributed by atoms with van der Waals surface area (Å²) in [4.78, 5) is 22.3. The summed E-state index contributed by atoms with van der Waals surface area (Å²) in [5.41, 5.74) is 2.09. The van der Waals surface area contributed by atoms with Gasteiger partial charge >= 0.3 is 0 Å². The molecule has 0 unspecified atom stereocenters. The monoisotopic (exact) mass is 333 g/mol. The van der Waals surface area contributed by atoms with Crippen molar-refractivity contribution in [3.8, 4) is 0 Å². The third kappa shape index (κ3) is 2.68. The van der Waals surface area contributed by atoms with Crippen LogP contribution in [0.2, 0.25) is 0 Å². The highest BCUT2D eigenvalue weighted by molar-refractivity contribution is 7.17. The van der Waals surface area contributed by atoms with E-state index in [4.69, 9.17) is 0 Å². The number of aryl methyl sites for hydroxylation is 2. The third-order valence-electron chi connectivity index (χ3n) is 3.84. The van der Waals surface area contributed by atoms with Crippen LogP contribution in [-0.2, 0) is 11.3 Å². The van der Waals surface area contributed by atoms with E-state index in [1.165, 1.54) is 4.88 Å². The molecule has 3 heterocycles. The lowest BCUT2D eigenvalue weighted by Gasteiger charge is -2.21. The molecule has 0 aliphatic carbocycles. The SMILES string of the molecule is Cc1cn2c(CN(C)C(=O)[C@H](C)c3cccs3)c(C)nc2s1. The van der Waals surface area contributed by atoms with E-state index in [0.717, 1.165) is 21.2 Å². The molecule has 116 valence electrons. The van der Waals surface area contributed by atoms with Crippen LogP contribution in [0.5, 0.6) is 0 Å². The number of hydrogen-bond acceptors (Lipinski definition) is 4. The molecule has 22 heavy (non-hydrogen) atoms. The standard InChI is InChI=1S/C16H19N3OS2/c1-10-8-19-13(12(3)17-16(19)22-10)9-18(4)15(20)11(2)14-6-5-7-21-14/h5-8,11H,9H2,1-4H3/t11-/m1/s1. The highest BCUT2D eigenvalue weighted by atomic mass is 32.1. The zero-order chi connectivity index (χ0) is 15.9. The number of amides is 1. The van der Waals surface area contributed by atoms with E-state index < -0.39 is 0 Å². The van der Waals surface area contributed by atoms with Crippen LogP contribution in [0, 0.1) is 13.8 Å². The fourth-order valence-corrected chi connectivity index (χ4v) is 4.26. The first-order valence-electron chi connectivity index (χ1n) is 7.19. The normalized spacial score (nSPS) is 12.7. The lowest BCUT2D eigenvalue weighted by Crippen LogP contribution is -2.30. The van der Waals surface area contributed by atoms with Gasteiger partial charge in [-0.15, -0.1) is 22.7 Å². The first-order valence-corrected chi connectivity index (χ1v) is 8.89. The highest BCUT2D eigenvalue weighted by Gasteiger charge is 2.22. The van der Waals surface area contributed by atoms with Crippen molar-refractivity contribution >= 4 is 33.5 Å². The number of likely N-dealkylation sites (N-methyl/N-ethyl adjacent to an activating group) is 1. The smallest absolute Gasteiger partial charge is 0.230 e. The maximum absolute atomic E-state index is 12.6. The molecule has 1 amide bonds. The molecular formula is C16H19N3OS2. The van der Waals surface area contributed by atoms with Crippen LogP contribution in [0.25, 0.3) is 4.96 Å². The molecule has 0 aromatic carbocycles. The molecule has 0 saturated carbocycles. The maximum Gasteiger partial charge on any atom is 0.230 e. The fraction of sp³-hybridized carbons (Fsp3) is 0.375. The van der Waals surface area contributed by atoms with Gasteiger partial charge in [0.1, 0.15) is 0 Å². The number of fused-ring (bicyclic) bond motifs is 1. The number of thiazole rings is 1. The summed E-state index contributed by atoms with van der Waals surface area (Å²) in [5, 5.41) is 2.01. The molecule has 0 aliphatic heterocycles. The van der Waals surface area contributed by atoms with Crippen molar-refractivity contribution < 1.29 is 4.79 Å². The quantitative estimate of drug-likeness (QED) is 0.727. The van der Waals surface area contributed by atoms with Gasteiger partial charge in [-0.1, -0.05) is 6.07 Å². The second-order valence-electron chi connectivity index (χ2n) is 5.57. The zero-order valence-electron chi connectivity index (χ0n) is 13.2. The van der Waals surface area contributed by atoms with Gasteiger partial charge in [0.15, 0.2) is 4.96 Å². The van der Waals surface area contributed by atoms with Crippen molar-refractivity contribution in [1.29, 1.82) is 0 Å². The minimum absolute atomic E-state index is 0.0991. The fourth-order valence-electron chi connectivity index (χ4n) is 2.59. The molecule has 0 radical (unpaired) electrons. The Morgan fingerprint density at radius 3 is 2.91 bits per heavy atom. The van der Waals surface area contributed by atoms with Crippen LogP contribution in [0.3, 0.4) is 0 Å². The summed E-state index contributed by atoms with van der Waals surface area (Å²) in [7, 11) is 1.87. The second-order valence-corrected chi connectivity index (χ2v) is 7.76. The van der Waals surface area contributed by atoms with Gasteiger partial charge in [0, 0.05) is 23.0 Å². The molecule has 0 aliphatic rings. The number of rotatable bonds is 4. The Kier molecular flexibility index (Phi) is 4.06. The molecule has 1 atom stereocenters. The summed E-state index contributed by atoms with van der Waals surface area (Å²) in [6, 6.07) is 4.01. The molecular weight excluding hydrogens is 314 g/mol. The molecule has 0 bridgehead atoms. The van der Waals surface area contributed by atoms with E-state index in [0.29, 0.717) is 6.54 Å². The Balaban J connectivity index is 1.82. The summed E-state index contributed by atoms with van der Waals surface area (Å²) < 4.78 is 2.11. The van der Waals surface area contributed by atoms with Crippen LogP contribution in [0.15, 0.2) is 23.7 Å². The minimum Gasteiger partial charge on any atom is -0.339 e. The molecule has 6 heteroatoms. The molecule has 0 fully saturated rings. The number of carbonyl (C=O) groups excluding carboxylic acids is 1. The Bertz CT molecular complexity index is 801.